The Morgan fingerprint density at radius 1 is 1.08 bits per heavy atom. The normalized spacial score (nSPS) is 12.4. The Balaban J connectivity index is 1.95. The van der Waals surface area contributed by atoms with E-state index in [4.69, 9.17) is 5.14 Å². The summed E-state index contributed by atoms with van der Waals surface area (Å²) >= 11 is 0. The van der Waals surface area contributed by atoms with Crippen LogP contribution in [0.15, 0.2) is 46.3 Å². The number of primary sulfonamides is 1. The lowest BCUT2D eigenvalue weighted by molar-refractivity contribution is 0.595. The molecule has 0 saturated heterocycles. The Bertz CT molecular complexity index is 1170. The van der Waals surface area contributed by atoms with Crippen LogP contribution in [0.25, 0.3) is 11.0 Å². The van der Waals surface area contributed by atoms with E-state index in [9.17, 15) is 16.8 Å². The summed E-state index contributed by atoms with van der Waals surface area (Å²) in [6, 6.07) is 6.25. The Labute approximate surface area is 144 Å². The van der Waals surface area contributed by atoms with Crippen LogP contribution in [0.1, 0.15) is 5.69 Å². The molecule has 0 bridgehead atoms. The molecule has 0 atom stereocenters. The molecule has 0 unspecified atom stereocenters. The number of nitrogens with one attached hydrogen (secondary N) is 1. The molecule has 11 heteroatoms. The van der Waals surface area contributed by atoms with E-state index in [1.807, 2.05) is 0 Å². The van der Waals surface area contributed by atoms with Crippen LogP contribution in [0, 0.1) is 6.92 Å². The van der Waals surface area contributed by atoms with Crippen LogP contribution in [-0.4, -0.2) is 31.6 Å². The van der Waals surface area contributed by atoms with Crippen molar-refractivity contribution >= 4 is 36.8 Å². The highest BCUT2D eigenvalue weighted by molar-refractivity contribution is 7.92. The zero-order valence-electron chi connectivity index (χ0n) is 13.3. The smallest absolute Gasteiger partial charge is 0.261 e. The Kier molecular flexibility index (Phi) is 4.01. The molecule has 0 aliphatic rings. The number of rotatable bonds is 4. The van der Waals surface area contributed by atoms with Gasteiger partial charge >= 0.3 is 0 Å². The van der Waals surface area contributed by atoms with Crippen LogP contribution in [0.2, 0.25) is 0 Å². The van der Waals surface area contributed by atoms with Gasteiger partial charge in [-0.1, -0.05) is 0 Å². The van der Waals surface area contributed by atoms with Crippen LogP contribution >= 0.6 is 0 Å². The van der Waals surface area contributed by atoms with E-state index < -0.39 is 20.0 Å². The standard InChI is InChI=1S/C14H15N5O4S2/c1-9-13-7-10(8-16-14(13)19(2)17-9)18-25(22,23)12-5-3-11(4-6-12)24(15,20)21/h3-8,18H,1-2H3,(H2,15,20,21). The summed E-state index contributed by atoms with van der Waals surface area (Å²) in [5.41, 5.74) is 1.64. The fourth-order valence-corrected chi connectivity index (χ4v) is 3.94. The topological polar surface area (TPSA) is 137 Å². The first kappa shape index (κ1) is 17.3. The molecule has 0 aliphatic carbocycles. The zero-order chi connectivity index (χ0) is 18.4. The van der Waals surface area contributed by atoms with E-state index in [-0.39, 0.29) is 15.5 Å². The van der Waals surface area contributed by atoms with Crippen molar-refractivity contribution in [1.29, 1.82) is 0 Å². The second kappa shape index (κ2) is 5.79. The van der Waals surface area contributed by atoms with Crippen LogP contribution < -0.4 is 9.86 Å². The third-order valence-corrected chi connectivity index (χ3v) is 5.90. The molecule has 0 radical (unpaired) electrons. The third kappa shape index (κ3) is 3.34. The van der Waals surface area contributed by atoms with Gasteiger partial charge in [0.1, 0.15) is 0 Å². The van der Waals surface area contributed by atoms with Crippen molar-refractivity contribution in [3.63, 3.8) is 0 Å². The van der Waals surface area contributed by atoms with Crippen molar-refractivity contribution in [2.24, 2.45) is 12.2 Å². The molecule has 0 fully saturated rings. The number of benzene rings is 1. The summed E-state index contributed by atoms with van der Waals surface area (Å²) < 4.78 is 51.4. The molecule has 2 aromatic heterocycles. The predicted molar refractivity (Wildman–Crippen MR) is 91.9 cm³/mol. The lowest BCUT2D eigenvalue weighted by Crippen LogP contribution is -2.15. The number of nitrogens with zero attached hydrogens (tertiary/aromatic N) is 3. The van der Waals surface area contributed by atoms with Crippen molar-refractivity contribution in [3.8, 4) is 0 Å². The largest absolute Gasteiger partial charge is 0.278 e. The van der Waals surface area contributed by atoms with E-state index in [1.54, 1.807) is 24.7 Å². The number of aryl methyl sites for hydroxylation is 2. The number of fused-ring (bicyclic) bond motifs is 1. The summed E-state index contributed by atoms with van der Waals surface area (Å²) in [4.78, 5) is 3.94. The van der Waals surface area contributed by atoms with Crippen molar-refractivity contribution in [2.75, 3.05) is 4.72 Å². The van der Waals surface area contributed by atoms with Gasteiger partial charge in [-0.05, 0) is 37.3 Å². The molecule has 3 rings (SSSR count). The van der Waals surface area contributed by atoms with E-state index in [0.29, 0.717) is 5.65 Å². The molecule has 0 saturated carbocycles. The molecule has 132 valence electrons. The summed E-state index contributed by atoms with van der Waals surface area (Å²) in [6.45, 7) is 1.80. The van der Waals surface area contributed by atoms with E-state index in [2.05, 4.69) is 14.8 Å². The maximum Gasteiger partial charge on any atom is 0.261 e. The number of aromatic nitrogens is 3. The summed E-state index contributed by atoms with van der Waals surface area (Å²) in [5, 5.41) is 9.96. The lowest BCUT2D eigenvalue weighted by atomic mass is 10.3. The van der Waals surface area contributed by atoms with Gasteiger partial charge in [-0.3, -0.25) is 9.40 Å². The lowest BCUT2D eigenvalue weighted by Gasteiger charge is -2.08. The highest BCUT2D eigenvalue weighted by atomic mass is 32.2. The summed E-state index contributed by atoms with van der Waals surface area (Å²) in [7, 11) is -6.04. The monoisotopic (exact) mass is 381 g/mol. The van der Waals surface area contributed by atoms with Gasteiger partial charge in [0, 0.05) is 12.4 Å². The zero-order valence-corrected chi connectivity index (χ0v) is 15.0. The molecule has 3 aromatic rings. The maximum absolute atomic E-state index is 12.4. The van der Waals surface area contributed by atoms with Gasteiger partial charge in [0.15, 0.2) is 5.65 Å². The van der Waals surface area contributed by atoms with Gasteiger partial charge in [-0.25, -0.2) is 27.0 Å². The first-order chi connectivity index (χ1) is 11.6. The molecular weight excluding hydrogens is 366 g/mol. The molecule has 0 aliphatic heterocycles. The molecule has 2 heterocycles. The minimum Gasteiger partial charge on any atom is -0.278 e. The van der Waals surface area contributed by atoms with Gasteiger partial charge in [0.25, 0.3) is 10.0 Å². The molecule has 0 amide bonds. The van der Waals surface area contributed by atoms with Crippen molar-refractivity contribution in [2.45, 2.75) is 16.7 Å². The van der Waals surface area contributed by atoms with Crippen LogP contribution in [-0.2, 0) is 27.1 Å². The van der Waals surface area contributed by atoms with Crippen molar-refractivity contribution in [3.05, 3.63) is 42.2 Å². The molecule has 1 aromatic carbocycles. The molecule has 3 N–H and O–H groups in total. The van der Waals surface area contributed by atoms with Crippen LogP contribution in [0.4, 0.5) is 5.69 Å². The van der Waals surface area contributed by atoms with Gasteiger partial charge in [0.05, 0.1) is 27.4 Å². The van der Waals surface area contributed by atoms with Crippen molar-refractivity contribution in [1.82, 2.24) is 14.8 Å². The number of sulfonamides is 2. The third-order valence-electron chi connectivity index (χ3n) is 3.58. The number of hydrogen-bond acceptors (Lipinski definition) is 6. The molecule has 9 nitrogen and oxygen atoms in total. The van der Waals surface area contributed by atoms with Gasteiger partial charge < -0.3 is 0 Å². The first-order valence-corrected chi connectivity index (χ1v) is 10.1. The molecule has 25 heavy (non-hydrogen) atoms. The fraction of sp³-hybridized carbons (Fsp3) is 0.143. The second-order valence-electron chi connectivity index (χ2n) is 5.43. The first-order valence-electron chi connectivity index (χ1n) is 7.03. The Morgan fingerprint density at radius 2 is 1.68 bits per heavy atom. The molecule has 0 spiro atoms. The predicted octanol–water partition coefficient (Wildman–Crippen LogP) is 0.725. The highest BCUT2D eigenvalue weighted by Crippen LogP contribution is 2.22. The number of hydrogen-bond donors (Lipinski definition) is 2. The summed E-state index contributed by atoms with van der Waals surface area (Å²) in [5.74, 6) is 0. The Morgan fingerprint density at radius 3 is 2.28 bits per heavy atom. The quantitative estimate of drug-likeness (QED) is 0.683. The number of anilines is 1. The van der Waals surface area contributed by atoms with Gasteiger partial charge in [0.2, 0.25) is 10.0 Å². The van der Waals surface area contributed by atoms with E-state index in [0.717, 1.165) is 23.2 Å². The van der Waals surface area contributed by atoms with Gasteiger partial charge in [-0.2, -0.15) is 5.10 Å². The second-order valence-corrected chi connectivity index (χ2v) is 8.67. The summed E-state index contributed by atoms with van der Waals surface area (Å²) in [6.07, 6.45) is 1.39. The average molecular weight is 381 g/mol. The fourth-order valence-electron chi connectivity index (χ4n) is 2.39. The van der Waals surface area contributed by atoms with Crippen LogP contribution in [0.3, 0.4) is 0 Å². The maximum atomic E-state index is 12.4. The van der Waals surface area contributed by atoms with E-state index in [1.165, 1.54) is 18.3 Å². The SMILES string of the molecule is Cc1nn(C)c2ncc(NS(=O)(=O)c3ccc(S(N)(=O)=O)cc3)cc12. The van der Waals surface area contributed by atoms with Crippen LogP contribution in [0.5, 0.6) is 0 Å². The highest BCUT2D eigenvalue weighted by Gasteiger charge is 2.17. The molecular formula is C14H15N5O4S2. The number of pyridine rings is 1. The minimum absolute atomic E-state index is 0.0945. The Hall–Kier alpha value is -2.50. The minimum atomic E-state index is -3.90. The average Bonchev–Trinajstić information content (AvgIpc) is 2.80. The van der Waals surface area contributed by atoms with Crippen molar-refractivity contribution < 1.29 is 16.8 Å². The van der Waals surface area contributed by atoms with Gasteiger partial charge in [-0.15, -0.1) is 0 Å². The number of nitrogens with two attached hydrogens (primary N) is 1. The van der Waals surface area contributed by atoms with E-state index >= 15 is 0 Å².